The van der Waals surface area contributed by atoms with Crippen molar-refractivity contribution in [1.29, 1.82) is 0 Å². The van der Waals surface area contributed by atoms with Gasteiger partial charge in [0.15, 0.2) is 11.5 Å². The first-order valence-electron chi connectivity index (χ1n) is 14.7. The molecule has 0 radical (unpaired) electrons. The van der Waals surface area contributed by atoms with Crippen molar-refractivity contribution in [2.75, 3.05) is 63.3 Å². The Morgan fingerprint density at radius 3 is 2.36 bits per heavy atom. The van der Waals surface area contributed by atoms with Gasteiger partial charge >= 0.3 is 6.03 Å². The summed E-state index contributed by atoms with van der Waals surface area (Å²) in [6, 6.07) is 16.7. The summed E-state index contributed by atoms with van der Waals surface area (Å²) in [5.41, 5.74) is 3.30. The van der Waals surface area contributed by atoms with E-state index in [4.69, 9.17) is 14.6 Å². The molecular weight excluding hydrogens is 558 g/mol. The van der Waals surface area contributed by atoms with Gasteiger partial charge in [-0.15, -0.1) is 0 Å². The maximum absolute atomic E-state index is 13.2. The zero-order chi connectivity index (χ0) is 31.3. The molecule has 0 saturated carbocycles. The quantitative estimate of drug-likeness (QED) is 0.239. The predicted octanol–water partition coefficient (Wildman–Crippen LogP) is 5.19. The predicted molar refractivity (Wildman–Crippen MR) is 172 cm³/mol. The minimum atomic E-state index is -0.413. The van der Waals surface area contributed by atoms with Gasteiger partial charge in [0.25, 0.3) is 0 Å². The van der Waals surface area contributed by atoms with Crippen molar-refractivity contribution in [3.63, 3.8) is 0 Å². The van der Waals surface area contributed by atoms with Gasteiger partial charge in [-0.05, 0) is 36.9 Å². The molecule has 2 aromatic carbocycles. The van der Waals surface area contributed by atoms with Crippen LogP contribution in [-0.4, -0.2) is 83.0 Å². The molecule has 12 heteroatoms. The number of anilines is 3. The van der Waals surface area contributed by atoms with Gasteiger partial charge in [0.05, 0.1) is 18.5 Å². The highest BCUT2D eigenvalue weighted by Crippen LogP contribution is 2.34. The molecule has 3 heterocycles. The minimum absolute atomic E-state index is 0.208. The molecule has 3 N–H and O–H groups in total. The van der Waals surface area contributed by atoms with Crippen LogP contribution in [0.2, 0.25) is 0 Å². The number of ether oxygens (including phenoxy) is 2. The summed E-state index contributed by atoms with van der Waals surface area (Å²) in [7, 11) is 5.47. The fraction of sp³-hybridized carbons (Fsp3) is 0.375. The number of piperazine rings is 1. The molecule has 1 saturated heterocycles. The van der Waals surface area contributed by atoms with E-state index in [2.05, 4.69) is 87.8 Å². The molecule has 12 nitrogen and oxygen atoms in total. The minimum Gasteiger partial charge on any atom is -0.493 e. The highest BCUT2D eigenvalue weighted by molar-refractivity contribution is 5.99. The van der Waals surface area contributed by atoms with Crippen molar-refractivity contribution in [3.8, 4) is 23.1 Å². The third-order valence-corrected chi connectivity index (χ3v) is 7.44. The molecule has 0 unspecified atom stereocenters. The summed E-state index contributed by atoms with van der Waals surface area (Å²) in [6.45, 7) is 11.5. The van der Waals surface area contributed by atoms with Gasteiger partial charge in [0.2, 0.25) is 5.88 Å². The number of hydrogen-bond donors (Lipinski definition) is 3. The molecule has 232 valence electrons. The Labute approximate surface area is 258 Å². The summed E-state index contributed by atoms with van der Waals surface area (Å²) in [6.07, 6.45) is 1.41. The van der Waals surface area contributed by atoms with Crippen LogP contribution < -0.4 is 25.4 Å². The molecular formula is C32H41N9O3. The third kappa shape index (κ3) is 7.63. The molecule has 1 aliphatic rings. The topological polar surface area (TPSA) is 122 Å². The number of benzene rings is 2. The summed E-state index contributed by atoms with van der Waals surface area (Å²) in [5, 5.41) is 13.7. The lowest BCUT2D eigenvalue weighted by Crippen LogP contribution is -2.43. The average Bonchev–Trinajstić information content (AvgIpc) is 3.44. The Kier molecular flexibility index (Phi) is 9.31. The molecule has 0 atom stereocenters. The van der Waals surface area contributed by atoms with Crippen molar-refractivity contribution in [1.82, 2.24) is 29.5 Å². The number of carbonyl (C=O) groups is 1. The second kappa shape index (κ2) is 13.3. The number of rotatable bonds is 9. The van der Waals surface area contributed by atoms with E-state index in [1.807, 2.05) is 6.07 Å². The summed E-state index contributed by atoms with van der Waals surface area (Å²) in [5.74, 6) is 2.43. The van der Waals surface area contributed by atoms with Crippen LogP contribution in [0, 0.1) is 0 Å². The average molecular weight is 600 g/mol. The number of likely N-dealkylation sites (N-methyl/N-ethyl adjacent to an activating group) is 1. The second-order valence-corrected chi connectivity index (χ2v) is 11.9. The van der Waals surface area contributed by atoms with Crippen molar-refractivity contribution in [3.05, 3.63) is 72.2 Å². The van der Waals surface area contributed by atoms with E-state index in [1.165, 1.54) is 19.0 Å². The highest BCUT2D eigenvalue weighted by Gasteiger charge is 2.22. The van der Waals surface area contributed by atoms with E-state index in [0.29, 0.717) is 34.7 Å². The Morgan fingerprint density at radius 2 is 1.68 bits per heavy atom. The zero-order valence-corrected chi connectivity index (χ0v) is 26.2. The largest absolute Gasteiger partial charge is 0.493 e. The molecule has 4 aromatic rings. The van der Waals surface area contributed by atoms with E-state index >= 15 is 0 Å². The molecule has 1 aliphatic heterocycles. The number of aromatic nitrogens is 4. The number of carbonyl (C=O) groups excluding carboxylic acids is 1. The van der Waals surface area contributed by atoms with Crippen molar-refractivity contribution >= 4 is 23.4 Å². The van der Waals surface area contributed by atoms with Crippen molar-refractivity contribution in [2.45, 2.75) is 32.7 Å². The lowest BCUT2D eigenvalue weighted by Gasteiger charge is -2.32. The van der Waals surface area contributed by atoms with E-state index < -0.39 is 6.03 Å². The van der Waals surface area contributed by atoms with Crippen LogP contribution in [0.4, 0.5) is 22.1 Å². The second-order valence-electron chi connectivity index (χ2n) is 11.9. The SMILES string of the molecule is CNc1cc(Oc2ccc(NC(=O)Nc3cc(C(C)(C)C)nn3-c3ccc(CN4CCN(C)CC4)cc3)cc2OC)ncn1. The van der Waals surface area contributed by atoms with Crippen molar-refractivity contribution < 1.29 is 14.3 Å². The van der Waals surface area contributed by atoms with Crippen LogP contribution in [0.1, 0.15) is 32.0 Å². The number of nitrogens with zero attached hydrogens (tertiary/aromatic N) is 6. The molecule has 5 rings (SSSR count). The smallest absolute Gasteiger partial charge is 0.324 e. The first-order valence-corrected chi connectivity index (χ1v) is 14.7. The Bertz CT molecular complexity index is 1570. The van der Waals surface area contributed by atoms with Gasteiger partial charge in [-0.3, -0.25) is 10.2 Å². The number of hydrogen-bond acceptors (Lipinski definition) is 9. The first-order chi connectivity index (χ1) is 21.1. The van der Waals surface area contributed by atoms with Gasteiger partial charge in [0.1, 0.15) is 18.0 Å². The Hall–Kier alpha value is -4.68. The maximum Gasteiger partial charge on any atom is 0.324 e. The van der Waals surface area contributed by atoms with Gasteiger partial charge in [-0.25, -0.2) is 19.4 Å². The summed E-state index contributed by atoms with van der Waals surface area (Å²) in [4.78, 5) is 26.3. The van der Waals surface area contributed by atoms with Gasteiger partial charge in [0, 0.05) is 69.1 Å². The lowest BCUT2D eigenvalue weighted by molar-refractivity contribution is 0.148. The Morgan fingerprint density at radius 1 is 0.932 bits per heavy atom. The van der Waals surface area contributed by atoms with E-state index in [0.717, 1.165) is 44.1 Å². The lowest BCUT2D eigenvalue weighted by atomic mass is 9.92. The van der Waals surface area contributed by atoms with Crippen molar-refractivity contribution in [2.24, 2.45) is 0 Å². The van der Waals surface area contributed by atoms with E-state index in [-0.39, 0.29) is 5.41 Å². The summed E-state index contributed by atoms with van der Waals surface area (Å²) >= 11 is 0. The number of amides is 2. The highest BCUT2D eigenvalue weighted by atomic mass is 16.5. The molecule has 0 aliphatic carbocycles. The number of methoxy groups -OCH3 is 1. The molecule has 2 aromatic heterocycles. The fourth-order valence-corrected chi connectivity index (χ4v) is 4.79. The normalized spacial score (nSPS) is 14.2. The van der Waals surface area contributed by atoms with Crippen LogP contribution in [0.3, 0.4) is 0 Å². The van der Waals surface area contributed by atoms with E-state index in [1.54, 1.807) is 36.0 Å². The van der Waals surface area contributed by atoms with E-state index in [9.17, 15) is 4.79 Å². The molecule has 0 bridgehead atoms. The molecule has 2 amide bonds. The first kappa shape index (κ1) is 30.8. The van der Waals surface area contributed by atoms with Gasteiger partial charge in [-0.1, -0.05) is 32.9 Å². The zero-order valence-electron chi connectivity index (χ0n) is 26.2. The van der Waals surface area contributed by atoms with Crippen LogP contribution >= 0.6 is 0 Å². The summed E-state index contributed by atoms with van der Waals surface area (Å²) < 4.78 is 13.2. The third-order valence-electron chi connectivity index (χ3n) is 7.44. The van der Waals surface area contributed by atoms with Crippen LogP contribution in [-0.2, 0) is 12.0 Å². The molecule has 1 fully saturated rings. The maximum atomic E-state index is 13.2. The van der Waals surface area contributed by atoms with Gasteiger partial charge in [-0.2, -0.15) is 5.10 Å². The number of nitrogens with one attached hydrogen (secondary N) is 3. The fourth-order valence-electron chi connectivity index (χ4n) is 4.79. The Balaban J connectivity index is 1.30. The van der Waals surface area contributed by atoms with Crippen LogP contribution in [0.25, 0.3) is 5.69 Å². The van der Waals surface area contributed by atoms with Crippen LogP contribution in [0.5, 0.6) is 17.4 Å². The number of urea groups is 1. The molecule has 0 spiro atoms. The van der Waals surface area contributed by atoms with Gasteiger partial charge < -0.3 is 25.0 Å². The monoisotopic (exact) mass is 599 g/mol. The standard InChI is InChI=1S/C32H41N9O3/c1-32(2,3)27-18-29(41(38-27)24-10-7-22(8-11-24)20-40-15-13-39(5)14-16-40)37-31(42)36-23-9-12-25(26(17-23)43-6)44-30-19-28(33-4)34-21-35-30/h7-12,17-19,21H,13-16,20H2,1-6H3,(H,33,34,35)(H2,36,37,42). The molecule has 44 heavy (non-hydrogen) atoms. The van der Waals surface area contributed by atoms with Crippen LogP contribution in [0.15, 0.2) is 60.9 Å².